The number of allylic oxidation sites excluding steroid dienone is 2. The standard InChI is InChI=1S/C25H40N4O2S/c1-2-3-4-5-6-7-8-9-10-11-12-13-14-15-16-19-23(30)27-25-29-28-24(32-25)26-21-22-18-17-20-31-22/h9-10,17-18,20H,2-8,11-16,19,21H2,1H3,(H,26,28)(H,27,29,30)/b10-9+. The molecule has 2 N–H and O–H groups in total. The largest absolute Gasteiger partial charge is 0.467 e. The minimum absolute atomic E-state index is 0.0105. The minimum atomic E-state index is 0.0105. The van der Waals surface area contributed by atoms with Gasteiger partial charge in [0.2, 0.25) is 16.2 Å². The van der Waals surface area contributed by atoms with Crippen LogP contribution in [0.1, 0.15) is 103 Å². The number of hydrogen-bond acceptors (Lipinski definition) is 6. The molecule has 0 saturated heterocycles. The summed E-state index contributed by atoms with van der Waals surface area (Å²) in [7, 11) is 0. The Morgan fingerprint density at radius 1 is 0.938 bits per heavy atom. The number of rotatable bonds is 19. The third-order valence-corrected chi connectivity index (χ3v) is 6.13. The van der Waals surface area contributed by atoms with Crippen LogP contribution in [-0.2, 0) is 11.3 Å². The second-order valence-electron chi connectivity index (χ2n) is 8.23. The van der Waals surface area contributed by atoms with Gasteiger partial charge in [0.1, 0.15) is 5.76 Å². The molecule has 0 saturated carbocycles. The van der Waals surface area contributed by atoms with E-state index in [1.807, 2.05) is 12.1 Å². The van der Waals surface area contributed by atoms with Crippen molar-refractivity contribution in [1.82, 2.24) is 10.2 Å². The first-order valence-electron chi connectivity index (χ1n) is 12.3. The summed E-state index contributed by atoms with van der Waals surface area (Å²) in [6, 6.07) is 3.74. The predicted octanol–water partition coefficient (Wildman–Crippen LogP) is 7.72. The molecular weight excluding hydrogens is 420 g/mol. The Hall–Kier alpha value is -2.15. The van der Waals surface area contributed by atoms with Crippen molar-refractivity contribution in [1.29, 1.82) is 0 Å². The molecule has 0 aliphatic heterocycles. The molecule has 0 aliphatic carbocycles. The highest BCUT2D eigenvalue weighted by atomic mass is 32.1. The summed E-state index contributed by atoms with van der Waals surface area (Å²) < 4.78 is 5.27. The van der Waals surface area contributed by atoms with Crippen molar-refractivity contribution in [2.24, 2.45) is 0 Å². The van der Waals surface area contributed by atoms with Gasteiger partial charge >= 0.3 is 0 Å². The molecule has 6 nitrogen and oxygen atoms in total. The summed E-state index contributed by atoms with van der Waals surface area (Å²) in [6.07, 6.45) is 23.2. The van der Waals surface area contributed by atoms with Crippen LogP contribution in [0.25, 0.3) is 0 Å². The van der Waals surface area contributed by atoms with Crippen LogP contribution in [0.15, 0.2) is 35.0 Å². The molecular formula is C25H40N4O2S. The number of nitrogens with one attached hydrogen (secondary N) is 2. The van der Waals surface area contributed by atoms with Gasteiger partial charge < -0.3 is 15.1 Å². The quantitative estimate of drug-likeness (QED) is 0.166. The van der Waals surface area contributed by atoms with E-state index in [0.29, 0.717) is 23.2 Å². The van der Waals surface area contributed by atoms with Gasteiger partial charge in [0.05, 0.1) is 12.8 Å². The van der Waals surface area contributed by atoms with E-state index in [2.05, 4.69) is 39.9 Å². The molecule has 1 amide bonds. The summed E-state index contributed by atoms with van der Waals surface area (Å²) in [4.78, 5) is 12.1. The molecule has 0 aliphatic rings. The predicted molar refractivity (Wildman–Crippen MR) is 134 cm³/mol. The number of anilines is 2. The zero-order valence-electron chi connectivity index (χ0n) is 19.6. The van der Waals surface area contributed by atoms with Gasteiger partial charge in [0.15, 0.2) is 0 Å². The lowest BCUT2D eigenvalue weighted by Gasteiger charge is -2.02. The van der Waals surface area contributed by atoms with Crippen molar-refractivity contribution in [2.75, 3.05) is 10.6 Å². The van der Waals surface area contributed by atoms with Crippen LogP contribution in [0.5, 0.6) is 0 Å². The molecule has 0 fully saturated rings. The fourth-order valence-electron chi connectivity index (χ4n) is 3.46. The smallest absolute Gasteiger partial charge is 0.226 e. The van der Waals surface area contributed by atoms with Gasteiger partial charge in [-0.25, -0.2) is 0 Å². The summed E-state index contributed by atoms with van der Waals surface area (Å²) in [6.45, 7) is 2.81. The third-order valence-electron chi connectivity index (χ3n) is 5.33. The highest BCUT2D eigenvalue weighted by molar-refractivity contribution is 7.19. The van der Waals surface area contributed by atoms with E-state index in [9.17, 15) is 4.79 Å². The molecule has 0 aromatic carbocycles. The van der Waals surface area contributed by atoms with E-state index < -0.39 is 0 Å². The zero-order valence-corrected chi connectivity index (χ0v) is 20.4. The summed E-state index contributed by atoms with van der Waals surface area (Å²) in [5.74, 6) is 0.839. The van der Waals surface area contributed by atoms with E-state index in [-0.39, 0.29) is 5.91 Å². The van der Waals surface area contributed by atoms with Gasteiger partial charge in [0, 0.05) is 6.42 Å². The summed E-state index contributed by atoms with van der Waals surface area (Å²) >= 11 is 1.33. The first-order chi connectivity index (χ1) is 15.8. The van der Waals surface area contributed by atoms with Gasteiger partial charge in [-0.1, -0.05) is 81.8 Å². The molecule has 0 radical (unpaired) electrons. The Balaban J connectivity index is 1.39. The van der Waals surface area contributed by atoms with Crippen LogP contribution >= 0.6 is 11.3 Å². The van der Waals surface area contributed by atoms with E-state index >= 15 is 0 Å². The second kappa shape index (κ2) is 17.4. The van der Waals surface area contributed by atoms with Crippen molar-refractivity contribution < 1.29 is 9.21 Å². The highest BCUT2D eigenvalue weighted by Crippen LogP contribution is 2.21. The number of hydrogen-bond donors (Lipinski definition) is 2. The van der Waals surface area contributed by atoms with Crippen LogP contribution in [-0.4, -0.2) is 16.1 Å². The lowest BCUT2D eigenvalue weighted by Crippen LogP contribution is -2.10. The fraction of sp³-hybridized carbons (Fsp3) is 0.640. The molecule has 0 atom stereocenters. The van der Waals surface area contributed by atoms with Crippen LogP contribution in [0.2, 0.25) is 0 Å². The number of carbonyl (C=O) groups excluding carboxylic acids is 1. The van der Waals surface area contributed by atoms with E-state index in [4.69, 9.17) is 4.42 Å². The van der Waals surface area contributed by atoms with Crippen molar-refractivity contribution in [2.45, 2.75) is 103 Å². The topological polar surface area (TPSA) is 80.0 Å². The average Bonchev–Trinajstić information content (AvgIpc) is 3.47. The first-order valence-corrected chi connectivity index (χ1v) is 13.1. The molecule has 178 valence electrons. The fourth-order valence-corrected chi connectivity index (χ4v) is 4.11. The monoisotopic (exact) mass is 460 g/mol. The van der Waals surface area contributed by atoms with Crippen molar-refractivity contribution in [3.05, 3.63) is 36.3 Å². The molecule has 0 spiro atoms. The Morgan fingerprint density at radius 3 is 2.28 bits per heavy atom. The van der Waals surface area contributed by atoms with Gasteiger partial charge in [-0.15, -0.1) is 10.2 Å². The minimum Gasteiger partial charge on any atom is -0.467 e. The molecule has 2 rings (SSSR count). The Bertz CT molecular complexity index is 743. The Morgan fingerprint density at radius 2 is 1.59 bits per heavy atom. The zero-order chi connectivity index (χ0) is 22.7. The van der Waals surface area contributed by atoms with Gasteiger partial charge in [0.25, 0.3) is 0 Å². The van der Waals surface area contributed by atoms with E-state index in [0.717, 1.165) is 18.6 Å². The second-order valence-corrected chi connectivity index (χ2v) is 9.21. The molecule has 2 heterocycles. The average molecular weight is 461 g/mol. The maximum absolute atomic E-state index is 12.1. The van der Waals surface area contributed by atoms with Gasteiger partial charge in [-0.3, -0.25) is 4.79 Å². The number of furan rings is 1. The van der Waals surface area contributed by atoms with Crippen LogP contribution < -0.4 is 10.6 Å². The van der Waals surface area contributed by atoms with Crippen LogP contribution in [0.4, 0.5) is 10.3 Å². The Kier molecular flexibility index (Phi) is 14.2. The summed E-state index contributed by atoms with van der Waals surface area (Å²) in [5.41, 5.74) is 0. The van der Waals surface area contributed by atoms with Crippen molar-refractivity contribution in [3.63, 3.8) is 0 Å². The maximum Gasteiger partial charge on any atom is 0.226 e. The maximum atomic E-state index is 12.1. The van der Waals surface area contributed by atoms with Crippen molar-refractivity contribution >= 4 is 27.5 Å². The molecule has 2 aromatic heterocycles. The Labute approximate surface area is 197 Å². The first kappa shape index (κ1) is 26.1. The van der Waals surface area contributed by atoms with Gasteiger partial charge in [-0.2, -0.15) is 0 Å². The van der Waals surface area contributed by atoms with Crippen LogP contribution in [0.3, 0.4) is 0 Å². The lowest BCUT2D eigenvalue weighted by molar-refractivity contribution is -0.116. The molecule has 0 unspecified atom stereocenters. The normalized spacial score (nSPS) is 11.3. The number of nitrogens with zero attached hydrogens (tertiary/aromatic N) is 2. The van der Waals surface area contributed by atoms with Crippen molar-refractivity contribution in [3.8, 4) is 0 Å². The number of carbonyl (C=O) groups is 1. The molecule has 0 bridgehead atoms. The number of unbranched alkanes of at least 4 members (excludes halogenated alkanes) is 11. The third kappa shape index (κ3) is 12.6. The molecule has 7 heteroatoms. The lowest BCUT2D eigenvalue weighted by atomic mass is 10.1. The van der Waals surface area contributed by atoms with Gasteiger partial charge in [-0.05, 0) is 44.2 Å². The van der Waals surface area contributed by atoms with E-state index in [1.54, 1.807) is 6.26 Å². The van der Waals surface area contributed by atoms with E-state index in [1.165, 1.54) is 82.0 Å². The highest BCUT2D eigenvalue weighted by Gasteiger charge is 2.08. The van der Waals surface area contributed by atoms with Crippen LogP contribution in [0, 0.1) is 0 Å². The number of amides is 1. The molecule has 32 heavy (non-hydrogen) atoms. The molecule has 2 aromatic rings. The number of aromatic nitrogens is 2. The SMILES string of the molecule is CCCCCCCC/C=C/CCCCCCCC(=O)Nc1nnc(NCc2ccco2)s1. The summed E-state index contributed by atoms with van der Waals surface area (Å²) in [5, 5.41) is 15.2.